The van der Waals surface area contributed by atoms with Crippen molar-refractivity contribution in [3.05, 3.63) is 12.4 Å². The van der Waals surface area contributed by atoms with Gasteiger partial charge in [-0.2, -0.15) is 9.89 Å². The zero-order valence-corrected chi connectivity index (χ0v) is 10.6. The highest BCUT2D eigenvalue weighted by molar-refractivity contribution is 5.37. The maximum Gasteiger partial charge on any atom is 0.293 e. The van der Waals surface area contributed by atoms with Gasteiger partial charge < -0.3 is 10.5 Å². The van der Waals surface area contributed by atoms with Crippen LogP contribution in [0.5, 0.6) is 0 Å². The van der Waals surface area contributed by atoms with E-state index < -0.39 is 0 Å². The maximum atomic E-state index is 9.60. The summed E-state index contributed by atoms with van der Waals surface area (Å²) in [6, 6.07) is 0. The highest BCUT2D eigenvalue weighted by Crippen LogP contribution is 2.06. The lowest BCUT2D eigenvalue weighted by Gasteiger charge is -2.32. The standard InChI is InChI=1S/C6H10N4.C5H10O2/c7-6-4-8-10(5-6)9-2-1-3-9;1-5(2,3)7-4-6/h4-5H,1-3,7H2;4H,1-3H3. The Labute approximate surface area is 101 Å². The molecule has 6 heteroatoms. The molecule has 1 aromatic rings. The molecule has 0 aliphatic carbocycles. The molecule has 0 radical (unpaired) electrons. The van der Waals surface area contributed by atoms with Gasteiger partial charge in [-0.3, -0.25) is 9.80 Å². The van der Waals surface area contributed by atoms with Crippen LogP contribution in [0, 0.1) is 0 Å². The number of nitrogens with two attached hydrogens (primary N) is 1. The fourth-order valence-electron chi connectivity index (χ4n) is 1.13. The summed E-state index contributed by atoms with van der Waals surface area (Å²) in [6.45, 7) is 8.12. The molecule has 1 aliphatic rings. The zero-order valence-electron chi connectivity index (χ0n) is 10.6. The van der Waals surface area contributed by atoms with Gasteiger partial charge in [0.15, 0.2) is 0 Å². The van der Waals surface area contributed by atoms with Crippen molar-refractivity contribution in [3.8, 4) is 0 Å². The normalized spacial score (nSPS) is 14.4. The first-order valence-electron chi connectivity index (χ1n) is 5.59. The molecule has 2 heterocycles. The van der Waals surface area contributed by atoms with Gasteiger partial charge in [-0.05, 0) is 27.2 Å². The van der Waals surface area contributed by atoms with E-state index in [1.165, 1.54) is 6.42 Å². The Hall–Kier alpha value is -1.72. The fraction of sp³-hybridized carbons (Fsp3) is 0.636. The second-order valence-electron chi connectivity index (χ2n) is 4.83. The first-order valence-corrected chi connectivity index (χ1v) is 5.59. The number of nitrogen functional groups attached to an aromatic ring is 1. The summed E-state index contributed by atoms with van der Waals surface area (Å²) in [7, 11) is 0. The van der Waals surface area contributed by atoms with Crippen molar-refractivity contribution >= 4 is 12.2 Å². The molecular weight excluding hydrogens is 220 g/mol. The number of anilines is 1. The predicted octanol–water partition coefficient (Wildman–Crippen LogP) is 0.765. The molecule has 2 N–H and O–H groups in total. The molecule has 0 unspecified atom stereocenters. The lowest BCUT2D eigenvalue weighted by molar-refractivity contribution is -0.138. The van der Waals surface area contributed by atoms with E-state index in [0.717, 1.165) is 18.8 Å². The van der Waals surface area contributed by atoms with Crippen LogP contribution in [0.15, 0.2) is 12.4 Å². The molecule has 96 valence electrons. The molecule has 1 saturated heterocycles. The molecule has 0 saturated carbocycles. The summed E-state index contributed by atoms with van der Waals surface area (Å²) in [4.78, 5) is 11.4. The van der Waals surface area contributed by atoms with Crippen LogP contribution in [0.2, 0.25) is 0 Å². The Morgan fingerprint density at radius 3 is 2.35 bits per heavy atom. The van der Waals surface area contributed by atoms with Crippen LogP contribution in [0.1, 0.15) is 27.2 Å². The van der Waals surface area contributed by atoms with E-state index >= 15 is 0 Å². The Balaban J connectivity index is 0.000000185. The molecule has 0 aromatic carbocycles. The van der Waals surface area contributed by atoms with Gasteiger partial charge in [-0.15, -0.1) is 0 Å². The van der Waals surface area contributed by atoms with Crippen molar-refractivity contribution < 1.29 is 9.53 Å². The van der Waals surface area contributed by atoms with Gasteiger partial charge in [-0.1, -0.05) is 0 Å². The molecule has 2 rings (SSSR count). The predicted molar refractivity (Wildman–Crippen MR) is 66.1 cm³/mol. The molecule has 6 nitrogen and oxygen atoms in total. The van der Waals surface area contributed by atoms with E-state index in [4.69, 9.17) is 5.73 Å². The molecule has 0 spiro atoms. The summed E-state index contributed by atoms with van der Waals surface area (Å²) < 4.78 is 4.55. The van der Waals surface area contributed by atoms with E-state index in [9.17, 15) is 4.79 Å². The van der Waals surface area contributed by atoms with Crippen LogP contribution < -0.4 is 10.7 Å². The van der Waals surface area contributed by atoms with Gasteiger partial charge in [0.1, 0.15) is 5.60 Å². The Morgan fingerprint density at radius 2 is 2.12 bits per heavy atom. The summed E-state index contributed by atoms with van der Waals surface area (Å²) in [6.07, 6.45) is 4.76. The van der Waals surface area contributed by atoms with Crippen LogP contribution in [0.3, 0.4) is 0 Å². The van der Waals surface area contributed by atoms with Gasteiger partial charge in [-0.25, -0.2) is 0 Å². The maximum absolute atomic E-state index is 9.60. The first-order chi connectivity index (χ1) is 7.92. The summed E-state index contributed by atoms with van der Waals surface area (Å²) in [5.41, 5.74) is 5.90. The Kier molecular flexibility index (Phi) is 4.37. The van der Waals surface area contributed by atoms with Crippen molar-refractivity contribution in [2.24, 2.45) is 0 Å². The summed E-state index contributed by atoms with van der Waals surface area (Å²) in [5, 5.41) is 6.19. The van der Waals surface area contributed by atoms with E-state index in [1.807, 2.05) is 27.0 Å². The van der Waals surface area contributed by atoms with E-state index in [0.29, 0.717) is 6.47 Å². The number of nitrogens with zero attached hydrogens (tertiary/aromatic N) is 3. The second-order valence-corrected chi connectivity index (χ2v) is 4.83. The van der Waals surface area contributed by atoms with Crippen molar-refractivity contribution in [2.45, 2.75) is 32.8 Å². The van der Waals surface area contributed by atoms with Crippen molar-refractivity contribution in [2.75, 3.05) is 23.8 Å². The monoisotopic (exact) mass is 240 g/mol. The average Bonchev–Trinajstić information content (AvgIpc) is 2.47. The molecule has 1 fully saturated rings. The number of carbonyl (C=O) groups is 1. The fourth-order valence-corrected chi connectivity index (χ4v) is 1.13. The van der Waals surface area contributed by atoms with Crippen LogP contribution >= 0.6 is 0 Å². The number of carbonyl (C=O) groups excluding carboxylic acids is 1. The van der Waals surface area contributed by atoms with Crippen LogP contribution in [0.4, 0.5) is 5.69 Å². The van der Waals surface area contributed by atoms with E-state index in [1.54, 1.807) is 11.0 Å². The van der Waals surface area contributed by atoms with Gasteiger partial charge in [0.2, 0.25) is 0 Å². The smallest absolute Gasteiger partial charge is 0.293 e. The minimum Gasteiger partial charge on any atom is -0.462 e. The topological polar surface area (TPSA) is 73.4 Å². The summed E-state index contributed by atoms with van der Waals surface area (Å²) >= 11 is 0. The quantitative estimate of drug-likeness (QED) is 0.773. The largest absolute Gasteiger partial charge is 0.462 e. The van der Waals surface area contributed by atoms with Crippen LogP contribution in [-0.4, -0.2) is 35.1 Å². The minimum atomic E-state index is -0.318. The number of aromatic nitrogens is 2. The van der Waals surface area contributed by atoms with Crippen molar-refractivity contribution in [1.29, 1.82) is 0 Å². The molecule has 1 aromatic heterocycles. The SMILES string of the molecule is CC(C)(C)OC=O.Nc1cnn(N2CCC2)c1. The second kappa shape index (κ2) is 5.56. The molecule has 1 aliphatic heterocycles. The van der Waals surface area contributed by atoms with Gasteiger partial charge in [0, 0.05) is 13.1 Å². The average molecular weight is 240 g/mol. The zero-order chi connectivity index (χ0) is 12.9. The third kappa shape index (κ3) is 4.76. The Morgan fingerprint density at radius 1 is 1.47 bits per heavy atom. The number of ether oxygens (including phenoxy) is 1. The number of hydrogen-bond acceptors (Lipinski definition) is 5. The number of rotatable bonds is 2. The Bertz CT molecular complexity index is 353. The van der Waals surface area contributed by atoms with Gasteiger partial charge >= 0.3 is 0 Å². The third-order valence-electron chi connectivity index (χ3n) is 2.11. The van der Waals surface area contributed by atoms with Crippen molar-refractivity contribution in [1.82, 2.24) is 9.89 Å². The van der Waals surface area contributed by atoms with Crippen LogP contribution in [0.25, 0.3) is 0 Å². The highest BCUT2D eigenvalue weighted by atomic mass is 16.5. The van der Waals surface area contributed by atoms with E-state index in [-0.39, 0.29) is 5.60 Å². The van der Waals surface area contributed by atoms with Gasteiger partial charge in [0.05, 0.1) is 18.1 Å². The highest BCUT2D eigenvalue weighted by Gasteiger charge is 2.13. The minimum absolute atomic E-state index is 0.318. The van der Waals surface area contributed by atoms with Crippen LogP contribution in [-0.2, 0) is 9.53 Å². The molecule has 0 atom stereocenters. The summed E-state index contributed by atoms with van der Waals surface area (Å²) in [5.74, 6) is 0. The third-order valence-corrected chi connectivity index (χ3v) is 2.11. The molecule has 17 heavy (non-hydrogen) atoms. The first kappa shape index (κ1) is 13.3. The molecular formula is C11H20N4O2. The molecule has 0 amide bonds. The van der Waals surface area contributed by atoms with Gasteiger partial charge in [0.25, 0.3) is 6.47 Å². The lowest BCUT2D eigenvalue weighted by Crippen LogP contribution is -2.45. The van der Waals surface area contributed by atoms with E-state index in [2.05, 4.69) is 14.8 Å². The number of hydrogen-bond donors (Lipinski definition) is 1. The molecule has 0 bridgehead atoms. The van der Waals surface area contributed by atoms with Crippen molar-refractivity contribution in [3.63, 3.8) is 0 Å². The lowest BCUT2D eigenvalue weighted by atomic mass is 10.2.